The molecule has 7 heteroatoms. The summed E-state index contributed by atoms with van der Waals surface area (Å²) in [5.74, 6) is 0.966. The van der Waals surface area contributed by atoms with Crippen molar-refractivity contribution in [2.24, 2.45) is 0 Å². The van der Waals surface area contributed by atoms with Crippen molar-refractivity contribution in [2.45, 2.75) is 11.7 Å². The minimum absolute atomic E-state index is 0.654. The second kappa shape index (κ2) is 5.91. The molecule has 0 fully saturated rings. The van der Waals surface area contributed by atoms with Crippen molar-refractivity contribution >= 4 is 46.5 Å². The molecule has 0 radical (unpaired) electrons. The SMILES string of the molecule is CSc1ncc2c(n1)N(C)CN(c1c(Cl)cccc1Cl)C2. The molecule has 0 amide bonds. The van der Waals surface area contributed by atoms with Crippen LogP contribution in [0, 0.1) is 0 Å². The molecule has 0 unspecified atom stereocenters. The molecule has 0 atom stereocenters. The minimum atomic E-state index is 0.654. The summed E-state index contributed by atoms with van der Waals surface area (Å²) in [7, 11) is 2.01. The van der Waals surface area contributed by atoms with E-state index < -0.39 is 0 Å². The van der Waals surface area contributed by atoms with Gasteiger partial charge in [-0.1, -0.05) is 41.0 Å². The van der Waals surface area contributed by atoms with E-state index in [1.165, 1.54) is 0 Å². The van der Waals surface area contributed by atoms with Gasteiger partial charge in [0, 0.05) is 25.4 Å². The van der Waals surface area contributed by atoms with Crippen LogP contribution in [0.4, 0.5) is 11.5 Å². The van der Waals surface area contributed by atoms with E-state index in [0.717, 1.165) is 22.2 Å². The second-order valence-electron chi connectivity index (χ2n) is 4.81. The molecule has 0 N–H and O–H groups in total. The minimum Gasteiger partial charge on any atom is -0.347 e. The van der Waals surface area contributed by atoms with Crippen LogP contribution in [0.15, 0.2) is 29.6 Å². The Kier molecular flexibility index (Phi) is 4.15. The molecule has 1 aliphatic heterocycles. The Balaban J connectivity index is 1.99. The zero-order chi connectivity index (χ0) is 15.0. The zero-order valence-electron chi connectivity index (χ0n) is 11.7. The van der Waals surface area contributed by atoms with Crippen molar-refractivity contribution < 1.29 is 0 Å². The maximum absolute atomic E-state index is 6.31. The number of anilines is 2. The Morgan fingerprint density at radius 3 is 2.62 bits per heavy atom. The molecule has 2 aromatic rings. The van der Waals surface area contributed by atoms with Crippen LogP contribution >= 0.6 is 35.0 Å². The van der Waals surface area contributed by atoms with E-state index in [1.54, 1.807) is 11.8 Å². The lowest BCUT2D eigenvalue weighted by atomic mass is 10.2. The van der Waals surface area contributed by atoms with Crippen LogP contribution in [0.3, 0.4) is 0 Å². The van der Waals surface area contributed by atoms with E-state index >= 15 is 0 Å². The standard InChI is InChI=1S/C14H14Cl2N4S/c1-19-8-20(12-10(15)4-3-5-11(12)16)7-9-6-17-14(21-2)18-13(9)19/h3-6H,7-8H2,1-2H3. The molecular formula is C14H14Cl2N4S. The number of hydrogen-bond donors (Lipinski definition) is 0. The Bertz CT molecular complexity index is 660. The molecule has 1 aliphatic rings. The molecule has 1 aromatic carbocycles. The third-order valence-corrected chi connectivity index (χ3v) is 4.53. The molecule has 0 saturated carbocycles. The average Bonchev–Trinajstić information content (AvgIpc) is 2.47. The molecule has 2 heterocycles. The average molecular weight is 341 g/mol. The molecule has 0 saturated heterocycles. The van der Waals surface area contributed by atoms with Crippen molar-refractivity contribution in [1.29, 1.82) is 0 Å². The summed E-state index contributed by atoms with van der Waals surface area (Å²) in [4.78, 5) is 13.1. The number of thioether (sulfide) groups is 1. The summed E-state index contributed by atoms with van der Waals surface area (Å²) in [5, 5.41) is 2.09. The third kappa shape index (κ3) is 2.78. The summed E-state index contributed by atoms with van der Waals surface area (Å²) in [5.41, 5.74) is 1.92. The Morgan fingerprint density at radius 1 is 1.24 bits per heavy atom. The summed E-state index contributed by atoms with van der Waals surface area (Å²) in [6.07, 6.45) is 3.85. The lowest BCUT2D eigenvalue weighted by Gasteiger charge is -2.37. The van der Waals surface area contributed by atoms with E-state index in [9.17, 15) is 0 Å². The quantitative estimate of drug-likeness (QED) is 0.611. The molecule has 0 spiro atoms. The first-order valence-corrected chi connectivity index (χ1v) is 8.38. The lowest BCUT2D eigenvalue weighted by Crippen LogP contribution is -2.41. The molecule has 110 valence electrons. The highest BCUT2D eigenvalue weighted by molar-refractivity contribution is 7.98. The van der Waals surface area contributed by atoms with Crippen LogP contribution in [0.2, 0.25) is 10.0 Å². The van der Waals surface area contributed by atoms with Crippen LogP contribution < -0.4 is 9.80 Å². The highest BCUT2D eigenvalue weighted by Crippen LogP contribution is 2.37. The van der Waals surface area contributed by atoms with Gasteiger partial charge in [0.05, 0.1) is 22.4 Å². The predicted molar refractivity (Wildman–Crippen MR) is 89.7 cm³/mol. The number of halogens is 2. The van der Waals surface area contributed by atoms with Gasteiger partial charge in [0.2, 0.25) is 0 Å². The fourth-order valence-corrected chi connectivity index (χ4v) is 3.41. The summed E-state index contributed by atoms with van der Waals surface area (Å²) in [6, 6.07) is 5.56. The van der Waals surface area contributed by atoms with Crippen LogP contribution in [0.1, 0.15) is 5.56 Å². The number of nitrogens with zero attached hydrogens (tertiary/aromatic N) is 4. The molecule has 3 rings (SSSR count). The molecule has 4 nitrogen and oxygen atoms in total. The van der Waals surface area contributed by atoms with E-state index in [2.05, 4.69) is 19.8 Å². The first-order chi connectivity index (χ1) is 10.1. The number of rotatable bonds is 2. The second-order valence-corrected chi connectivity index (χ2v) is 6.40. The largest absolute Gasteiger partial charge is 0.347 e. The smallest absolute Gasteiger partial charge is 0.189 e. The maximum atomic E-state index is 6.31. The highest BCUT2D eigenvalue weighted by atomic mass is 35.5. The van der Waals surface area contributed by atoms with E-state index in [-0.39, 0.29) is 0 Å². The number of para-hydroxylation sites is 1. The molecule has 0 bridgehead atoms. The van der Waals surface area contributed by atoms with Gasteiger partial charge >= 0.3 is 0 Å². The predicted octanol–water partition coefficient (Wildman–Crippen LogP) is 3.92. The maximum Gasteiger partial charge on any atom is 0.189 e. The number of hydrogen-bond acceptors (Lipinski definition) is 5. The van der Waals surface area contributed by atoms with Gasteiger partial charge in [-0.3, -0.25) is 0 Å². The number of fused-ring (bicyclic) bond motifs is 1. The molecule has 0 aliphatic carbocycles. The van der Waals surface area contributed by atoms with Gasteiger partial charge in [0.1, 0.15) is 5.82 Å². The summed E-state index contributed by atoms with van der Waals surface area (Å²) >= 11 is 14.2. The van der Waals surface area contributed by atoms with E-state index in [4.69, 9.17) is 23.2 Å². The normalized spacial score (nSPS) is 14.3. The van der Waals surface area contributed by atoms with E-state index in [1.807, 2.05) is 37.7 Å². The number of aromatic nitrogens is 2. The lowest BCUT2D eigenvalue weighted by molar-refractivity contribution is 0.702. The van der Waals surface area contributed by atoms with Gasteiger partial charge in [-0.2, -0.15) is 0 Å². The van der Waals surface area contributed by atoms with Gasteiger partial charge in [0.25, 0.3) is 0 Å². The van der Waals surface area contributed by atoms with Crippen molar-refractivity contribution in [2.75, 3.05) is 29.8 Å². The molecule has 1 aromatic heterocycles. The summed E-state index contributed by atoms with van der Waals surface area (Å²) < 4.78 is 0. The molecular weight excluding hydrogens is 327 g/mol. The van der Waals surface area contributed by atoms with Crippen molar-refractivity contribution in [3.8, 4) is 0 Å². The van der Waals surface area contributed by atoms with E-state index in [0.29, 0.717) is 23.3 Å². The fraction of sp³-hybridized carbons (Fsp3) is 0.286. The number of benzene rings is 1. The first kappa shape index (κ1) is 14.8. The zero-order valence-corrected chi connectivity index (χ0v) is 14.0. The van der Waals surface area contributed by atoms with Crippen LogP contribution in [0.5, 0.6) is 0 Å². The highest BCUT2D eigenvalue weighted by Gasteiger charge is 2.25. The Hall–Kier alpha value is -1.17. The monoisotopic (exact) mass is 340 g/mol. The van der Waals surface area contributed by atoms with Gasteiger partial charge in [-0.25, -0.2) is 9.97 Å². The Morgan fingerprint density at radius 2 is 1.95 bits per heavy atom. The van der Waals surface area contributed by atoms with Crippen molar-refractivity contribution in [1.82, 2.24) is 9.97 Å². The van der Waals surface area contributed by atoms with Crippen LogP contribution in [-0.4, -0.2) is 29.9 Å². The van der Waals surface area contributed by atoms with Gasteiger partial charge in [0.15, 0.2) is 5.16 Å². The van der Waals surface area contributed by atoms with Crippen molar-refractivity contribution in [3.63, 3.8) is 0 Å². The third-order valence-electron chi connectivity index (χ3n) is 3.36. The molecule has 21 heavy (non-hydrogen) atoms. The van der Waals surface area contributed by atoms with Gasteiger partial charge in [-0.15, -0.1) is 0 Å². The van der Waals surface area contributed by atoms with Crippen molar-refractivity contribution in [3.05, 3.63) is 40.0 Å². The first-order valence-electron chi connectivity index (χ1n) is 6.40. The summed E-state index contributed by atoms with van der Waals surface area (Å²) in [6.45, 7) is 1.37. The van der Waals surface area contributed by atoms with Gasteiger partial charge < -0.3 is 9.80 Å². The van der Waals surface area contributed by atoms with Crippen LogP contribution in [-0.2, 0) is 6.54 Å². The van der Waals surface area contributed by atoms with Gasteiger partial charge in [-0.05, 0) is 18.4 Å². The fourth-order valence-electron chi connectivity index (χ4n) is 2.44. The Labute approximate surface area is 138 Å². The van der Waals surface area contributed by atoms with Crippen LogP contribution in [0.25, 0.3) is 0 Å². The topological polar surface area (TPSA) is 32.3 Å².